The van der Waals surface area contributed by atoms with E-state index in [1.54, 1.807) is 12.1 Å². The van der Waals surface area contributed by atoms with Crippen molar-refractivity contribution in [2.75, 3.05) is 29.5 Å². The molecule has 0 aromatic heterocycles. The van der Waals surface area contributed by atoms with Crippen molar-refractivity contribution in [3.8, 4) is 5.75 Å². The molecule has 0 spiro atoms. The van der Waals surface area contributed by atoms with Crippen molar-refractivity contribution >= 4 is 54.3 Å². The highest BCUT2D eigenvalue weighted by Crippen LogP contribution is 2.32. The Bertz CT molecular complexity index is 310. The van der Waals surface area contributed by atoms with Gasteiger partial charge in [-0.15, -0.1) is 37.2 Å². The zero-order valence-corrected chi connectivity index (χ0v) is 12.3. The van der Waals surface area contributed by atoms with Gasteiger partial charge >= 0.3 is 0 Å². The molecule has 0 atom stereocenters. The summed E-state index contributed by atoms with van der Waals surface area (Å²) in [7, 11) is 0. The molecule has 1 aromatic carbocycles. The topological polar surface area (TPSA) is 75.5 Å². The van der Waals surface area contributed by atoms with Crippen molar-refractivity contribution in [2.45, 2.75) is 13.8 Å². The van der Waals surface area contributed by atoms with E-state index in [0.717, 1.165) is 18.8 Å². The normalized spacial score (nSPS) is 8.35. The summed E-state index contributed by atoms with van der Waals surface area (Å²) in [5.41, 5.74) is 12.8. The molecule has 0 aliphatic rings. The predicted molar refractivity (Wildman–Crippen MR) is 82.2 cm³/mol. The van der Waals surface area contributed by atoms with Crippen LogP contribution in [0.3, 0.4) is 0 Å². The van der Waals surface area contributed by atoms with E-state index in [2.05, 4.69) is 18.7 Å². The Balaban J connectivity index is -0.000000653. The lowest BCUT2D eigenvalue weighted by Crippen LogP contribution is -2.22. The van der Waals surface area contributed by atoms with Crippen LogP contribution in [0, 0.1) is 0 Å². The Morgan fingerprint density at radius 1 is 1.00 bits per heavy atom. The van der Waals surface area contributed by atoms with Crippen LogP contribution in [0.5, 0.6) is 5.75 Å². The predicted octanol–water partition coefficient (Wildman–Crippen LogP) is 2.67. The molecule has 0 aliphatic carbocycles. The van der Waals surface area contributed by atoms with Crippen LogP contribution in [-0.2, 0) is 0 Å². The molecule has 0 saturated carbocycles. The second kappa shape index (κ2) is 9.33. The van der Waals surface area contributed by atoms with E-state index in [1.807, 2.05) is 0 Å². The summed E-state index contributed by atoms with van der Waals surface area (Å²) in [6, 6.07) is 3.47. The molecule has 4 nitrogen and oxygen atoms in total. The Morgan fingerprint density at radius 3 is 1.65 bits per heavy atom. The molecular weight excluding hydrogens is 284 g/mol. The third kappa shape index (κ3) is 4.98. The van der Waals surface area contributed by atoms with E-state index in [4.69, 9.17) is 11.5 Å². The number of nitrogens with two attached hydrogens (primary N) is 2. The highest BCUT2D eigenvalue weighted by atomic mass is 35.5. The minimum absolute atomic E-state index is 0. The van der Waals surface area contributed by atoms with Crippen molar-refractivity contribution < 1.29 is 5.11 Å². The minimum atomic E-state index is -0.0269. The molecule has 0 fully saturated rings. The van der Waals surface area contributed by atoms with Gasteiger partial charge in [0.05, 0.1) is 11.4 Å². The largest absolute Gasteiger partial charge is 0.504 e. The maximum absolute atomic E-state index is 9.39. The van der Waals surface area contributed by atoms with Crippen LogP contribution < -0.4 is 16.4 Å². The van der Waals surface area contributed by atoms with Crippen molar-refractivity contribution in [1.82, 2.24) is 0 Å². The molecule has 0 aliphatic heterocycles. The monoisotopic (exact) mass is 303 g/mol. The SMILES string of the molecule is CCN(CC)c1cc(N)c(O)c(N)c1.Cl.Cl.Cl. The van der Waals surface area contributed by atoms with E-state index in [-0.39, 0.29) is 43.0 Å². The van der Waals surface area contributed by atoms with E-state index < -0.39 is 0 Å². The van der Waals surface area contributed by atoms with E-state index in [0.29, 0.717) is 11.4 Å². The Kier molecular flexibility index (Phi) is 11.8. The molecule has 0 amide bonds. The van der Waals surface area contributed by atoms with Crippen LogP contribution in [0.25, 0.3) is 0 Å². The summed E-state index contributed by atoms with van der Waals surface area (Å²) in [4.78, 5) is 2.12. The quantitative estimate of drug-likeness (QED) is 0.593. The fourth-order valence-electron chi connectivity index (χ4n) is 1.44. The summed E-state index contributed by atoms with van der Waals surface area (Å²) in [6.07, 6.45) is 0. The smallest absolute Gasteiger partial charge is 0.161 e. The van der Waals surface area contributed by atoms with Gasteiger partial charge in [-0.3, -0.25) is 0 Å². The number of rotatable bonds is 3. The fourth-order valence-corrected chi connectivity index (χ4v) is 1.44. The molecule has 1 rings (SSSR count). The molecule has 102 valence electrons. The number of phenols is 1. The summed E-state index contributed by atoms with van der Waals surface area (Å²) in [5, 5.41) is 9.39. The Morgan fingerprint density at radius 2 is 1.35 bits per heavy atom. The maximum Gasteiger partial charge on any atom is 0.161 e. The van der Waals surface area contributed by atoms with Crippen LogP contribution >= 0.6 is 37.2 Å². The zero-order valence-electron chi connectivity index (χ0n) is 9.84. The first-order valence-corrected chi connectivity index (χ1v) is 4.73. The van der Waals surface area contributed by atoms with Crippen LogP contribution in [-0.4, -0.2) is 18.2 Å². The van der Waals surface area contributed by atoms with Gasteiger partial charge in [-0.05, 0) is 26.0 Å². The second-order valence-corrected chi connectivity index (χ2v) is 3.15. The van der Waals surface area contributed by atoms with Gasteiger partial charge < -0.3 is 21.5 Å². The molecule has 0 heterocycles. The van der Waals surface area contributed by atoms with E-state index >= 15 is 0 Å². The van der Waals surface area contributed by atoms with Gasteiger partial charge in [-0.1, -0.05) is 0 Å². The van der Waals surface area contributed by atoms with Gasteiger partial charge in [-0.25, -0.2) is 0 Å². The molecule has 0 unspecified atom stereocenters. The molecule has 1 aromatic rings. The molecule has 0 bridgehead atoms. The number of halogens is 3. The molecule has 7 heteroatoms. The van der Waals surface area contributed by atoms with E-state index in [9.17, 15) is 5.11 Å². The number of nitrogen functional groups attached to an aromatic ring is 2. The van der Waals surface area contributed by atoms with Gasteiger partial charge in [0.25, 0.3) is 0 Å². The van der Waals surface area contributed by atoms with Crippen LogP contribution in [0.15, 0.2) is 12.1 Å². The highest BCUT2D eigenvalue weighted by Gasteiger charge is 2.08. The number of aromatic hydroxyl groups is 1. The first-order chi connectivity index (χ1) is 6.60. The first kappa shape index (κ1) is 21.6. The third-order valence-corrected chi connectivity index (χ3v) is 2.28. The number of phenolic OH excluding ortho intramolecular Hbond substituents is 1. The fraction of sp³-hybridized carbons (Fsp3) is 0.400. The van der Waals surface area contributed by atoms with Crippen molar-refractivity contribution in [2.24, 2.45) is 0 Å². The number of anilines is 3. The zero-order chi connectivity index (χ0) is 10.7. The van der Waals surface area contributed by atoms with Gasteiger partial charge in [0, 0.05) is 18.8 Å². The third-order valence-electron chi connectivity index (χ3n) is 2.28. The summed E-state index contributed by atoms with van der Waals surface area (Å²) in [5.74, 6) is -0.0269. The summed E-state index contributed by atoms with van der Waals surface area (Å²) >= 11 is 0. The summed E-state index contributed by atoms with van der Waals surface area (Å²) in [6.45, 7) is 5.89. The standard InChI is InChI=1S/C10H17N3O.3ClH/c1-3-13(4-2)7-5-8(11)10(14)9(12)6-7;;;/h5-6,14H,3-4,11-12H2,1-2H3;3*1H. The molecule has 17 heavy (non-hydrogen) atoms. The van der Waals surface area contributed by atoms with Gasteiger partial charge in [-0.2, -0.15) is 0 Å². The lowest BCUT2D eigenvalue weighted by molar-refractivity contribution is 0.480. The number of hydrogen-bond acceptors (Lipinski definition) is 4. The first-order valence-electron chi connectivity index (χ1n) is 4.73. The molecule has 0 saturated heterocycles. The van der Waals surface area contributed by atoms with Crippen molar-refractivity contribution in [1.29, 1.82) is 0 Å². The van der Waals surface area contributed by atoms with Crippen LogP contribution in [0.4, 0.5) is 17.1 Å². The number of nitrogens with zero attached hydrogens (tertiary/aromatic N) is 1. The van der Waals surface area contributed by atoms with E-state index in [1.165, 1.54) is 0 Å². The lowest BCUT2D eigenvalue weighted by Gasteiger charge is -2.22. The average Bonchev–Trinajstić information content (AvgIpc) is 2.16. The number of benzene rings is 1. The van der Waals surface area contributed by atoms with Crippen LogP contribution in [0.2, 0.25) is 0 Å². The highest BCUT2D eigenvalue weighted by molar-refractivity contribution is 5.86. The minimum Gasteiger partial charge on any atom is -0.504 e. The molecule has 5 N–H and O–H groups in total. The molecular formula is C10H20Cl3N3O. The Hall–Kier alpha value is -0.710. The lowest BCUT2D eigenvalue weighted by atomic mass is 10.2. The van der Waals surface area contributed by atoms with Crippen molar-refractivity contribution in [3.05, 3.63) is 12.1 Å². The van der Waals surface area contributed by atoms with Gasteiger partial charge in [0.15, 0.2) is 5.75 Å². The number of hydrogen-bond donors (Lipinski definition) is 3. The Labute approximate surface area is 121 Å². The molecule has 0 radical (unpaired) electrons. The van der Waals surface area contributed by atoms with Gasteiger partial charge in [0.1, 0.15) is 0 Å². The maximum atomic E-state index is 9.39. The van der Waals surface area contributed by atoms with Crippen LogP contribution in [0.1, 0.15) is 13.8 Å². The second-order valence-electron chi connectivity index (χ2n) is 3.15. The van der Waals surface area contributed by atoms with Crippen molar-refractivity contribution in [3.63, 3.8) is 0 Å². The van der Waals surface area contributed by atoms with Gasteiger partial charge in [0.2, 0.25) is 0 Å². The average molecular weight is 305 g/mol. The summed E-state index contributed by atoms with van der Waals surface area (Å²) < 4.78 is 0.